The number of aromatic nitrogens is 2. The van der Waals surface area contributed by atoms with Gasteiger partial charge in [0.25, 0.3) is 16.8 Å². The first-order chi connectivity index (χ1) is 14.4. The molecule has 2 aromatic heterocycles. The molecule has 8 nitrogen and oxygen atoms in total. The number of thioether (sulfide) groups is 1. The van der Waals surface area contributed by atoms with Gasteiger partial charge in [-0.25, -0.2) is 0 Å². The third-order valence-electron chi connectivity index (χ3n) is 4.97. The third kappa shape index (κ3) is 4.54. The number of nitro groups is 1. The van der Waals surface area contributed by atoms with Crippen LogP contribution in [0.25, 0.3) is 10.8 Å². The molecule has 10 heteroatoms. The van der Waals surface area contributed by atoms with E-state index in [2.05, 4.69) is 28.5 Å². The maximum absolute atomic E-state index is 12.2. The molecule has 0 bridgehead atoms. The van der Waals surface area contributed by atoms with Gasteiger partial charge in [-0.1, -0.05) is 18.7 Å². The fourth-order valence-corrected chi connectivity index (χ4v) is 5.09. The molecule has 0 spiro atoms. The molecule has 0 saturated carbocycles. The van der Waals surface area contributed by atoms with Gasteiger partial charge in [-0.15, -0.1) is 21.5 Å². The molecular weight excluding hydrogens is 424 g/mol. The molecule has 0 radical (unpaired) electrons. The highest BCUT2D eigenvalue weighted by atomic mass is 32.2. The maximum Gasteiger partial charge on any atom is 0.277 e. The first kappa shape index (κ1) is 20.5. The minimum atomic E-state index is -0.466. The van der Waals surface area contributed by atoms with Crippen molar-refractivity contribution in [2.45, 2.75) is 38.3 Å². The molecule has 0 saturated heterocycles. The number of carbonyl (C=O) groups excluding carboxylic acids is 1. The van der Waals surface area contributed by atoms with Gasteiger partial charge in [0, 0.05) is 22.7 Å². The average molecular weight is 445 g/mol. The lowest BCUT2D eigenvalue weighted by molar-refractivity contribution is -0.384. The van der Waals surface area contributed by atoms with Crippen molar-refractivity contribution in [2.75, 3.05) is 11.1 Å². The fourth-order valence-electron chi connectivity index (χ4n) is 3.39. The molecule has 1 aromatic carbocycles. The second-order valence-corrected chi connectivity index (χ2v) is 9.44. The van der Waals surface area contributed by atoms with E-state index in [1.807, 2.05) is 0 Å². The number of benzene rings is 1. The summed E-state index contributed by atoms with van der Waals surface area (Å²) in [5.41, 5.74) is 2.52. The molecule has 1 N–H and O–H groups in total. The summed E-state index contributed by atoms with van der Waals surface area (Å²) in [7, 11) is 0. The van der Waals surface area contributed by atoms with Crippen molar-refractivity contribution >= 4 is 40.4 Å². The molecule has 156 valence electrons. The van der Waals surface area contributed by atoms with Gasteiger partial charge in [-0.3, -0.25) is 14.9 Å². The Bertz CT molecular complexity index is 1110. The Morgan fingerprint density at radius 2 is 2.23 bits per heavy atom. The number of amides is 1. The smallest absolute Gasteiger partial charge is 0.277 e. The highest BCUT2D eigenvalue weighted by molar-refractivity contribution is 7.99. The Kier molecular flexibility index (Phi) is 5.87. The summed E-state index contributed by atoms with van der Waals surface area (Å²) in [6.07, 6.45) is 3.39. The van der Waals surface area contributed by atoms with Crippen LogP contribution < -0.4 is 5.32 Å². The zero-order valence-electron chi connectivity index (χ0n) is 16.5. The fraction of sp³-hybridized carbons (Fsp3) is 0.350. The topological polar surface area (TPSA) is 111 Å². The van der Waals surface area contributed by atoms with Crippen molar-refractivity contribution in [3.63, 3.8) is 0 Å². The number of hydrogen-bond acceptors (Lipinski definition) is 8. The summed E-state index contributed by atoms with van der Waals surface area (Å²) in [4.78, 5) is 25.0. The van der Waals surface area contributed by atoms with Crippen LogP contribution in [0.5, 0.6) is 0 Å². The van der Waals surface area contributed by atoms with E-state index in [1.165, 1.54) is 35.1 Å². The minimum Gasteiger partial charge on any atom is -0.410 e. The lowest BCUT2D eigenvalue weighted by Gasteiger charge is -2.16. The van der Waals surface area contributed by atoms with Crippen LogP contribution in [0.3, 0.4) is 0 Å². The van der Waals surface area contributed by atoms with Gasteiger partial charge in [0.1, 0.15) is 0 Å². The standard InChI is InChI=1S/C20H20N4O4S2/c1-11-3-6-16-13(7-11)9-17(30-16)19-22-23-20(28-19)29-10-18(25)21-15-5-4-14(24(26)27)8-12(15)2/h4-5,8-9,11H,3,6-7,10H2,1-2H3,(H,21,25). The Hall–Kier alpha value is -2.72. The predicted molar refractivity (Wildman–Crippen MR) is 116 cm³/mol. The average Bonchev–Trinajstić information content (AvgIpc) is 3.34. The summed E-state index contributed by atoms with van der Waals surface area (Å²) in [5, 5.41) is 22.1. The van der Waals surface area contributed by atoms with Crippen LogP contribution in [0.4, 0.5) is 11.4 Å². The number of hydrogen-bond donors (Lipinski definition) is 1. The lowest BCUT2D eigenvalue weighted by Crippen LogP contribution is -2.14. The highest BCUT2D eigenvalue weighted by Crippen LogP contribution is 2.37. The van der Waals surface area contributed by atoms with E-state index in [-0.39, 0.29) is 17.3 Å². The van der Waals surface area contributed by atoms with E-state index in [9.17, 15) is 14.9 Å². The zero-order valence-corrected chi connectivity index (χ0v) is 18.1. The van der Waals surface area contributed by atoms with Gasteiger partial charge in [-0.2, -0.15) is 0 Å². The lowest BCUT2D eigenvalue weighted by atomic mass is 9.90. The van der Waals surface area contributed by atoms with Gasteiger partial charge in [0.05, 0.1) is 15.6 Å². The van der Waals surface area contributed by atoms with Crippen LogP contribution in [-0.2, 0) is 17.6 Å². The molecule has 0 aliphatic heterocycles. The number of nitrogens with one attached hydrogen (secondary N) is 1. The number of aryl methyl sites for hydroxylation is 2. The van der Waals surface area contributed by atoms with E-state index in [0.717, 1.165) is 29.5 Å². The largest absolute Gasteiger partial charge is 0.410 e. The molecule has 1 atom stereocenters. The number of fused-ring (bicyclic) bond motifs is 1. The molecule has 3 aromatic rings. The summed E-state index contributed by atoms with van der Waals surface area (Å²) in [6, 6.07) is 6.46. The SMILES string of the molecule is Cc1cc([N+](=O)[O-])ccc1NC(=O)CSc1nnc(-c2cc3c(s2)CCC(C)C3)o1. The van der Waals surface area contributed by atoms with Crippen molar-refractivity contribution in [3.05, 3.63) is 50.4 Å². The summed E-state index contributed by atoms with van der Waals surface area (Å²) in [6.45, 7) is 3.98. The van der Waals surface area contributed by atoms with Crippen molar-refractivity contribution < 1.29 is 14.1 Å². The zero-order chi connectivity index (χ0) is 21.3. The van der Waals surface area contributed by atoms with Gasteiger partial charge in [-0.05, 0) is 55.4 Å². The molecule has 1 unspecified atom stereocenters. The van der Waals surface area contributed by atoms with E-state index in [0.29, 0.717) is 28.3 Å². The molecule has 1 aliphatic carbocycles. The number of rotatable bonds is 6. The van der Waals surface area contributed by atoms with Crippen molar-refractivity contribution in [2.24, 2.45) is 5.92 Å². The Morgan fingerprint density at radius 1 is 1.40 bits per heavy atom. The Morgan fingerprint density at radius 3 is 3.00 bits per heavy atom. The predicted octanol–water partition coefficient (Wildman–Crippen LogP) is 4.87. The van der Waals surface area contributed by atoms with Gasteiger partial charge >= 0.3 is 0 Å². The van der Waals surface area contributed by atoms with Crippen molar-refractivity contribution in [1.82, 2.24) is 10.2 Å². The van der Waals surface area contributed by atoms with Gasteiger partial charge < -0.3 is 9.73 Å². The van der Waals surface area contributed by atoms with Crippen molar-refractivity contribution in [1.29, 1.82) is 0 Å². The summed E-state index contributed by atoms with van der Waals surface area (Å²) in [5.74, 6) is 1.02. The van der Waals surface area contributed by atoms with Gasteiger partial charge in [0.15, 0.2) is 0 Å². The molecule has 4 rings (SSSR count). The van der Waals surface area contributed by atoms with E-state index >= 15 is 0 Å². The van der Waals surface area contributed by atoms with Crippen LogP contribution in [0.2, 0.25) is 0 Å². The quantitative estimate of drug-likeness (QED) is 0.328. The highest BCUT2D eigenvalue weighted by Gasteiger charge is 2.21. The normalized spacial score (nSPS) is 15.6. The number of non-ortho nitro benzene ring substituents is 1. The van der Waals surface area contributed by atoms with Crippen LogP contribution in [0.1, 0.15) is 29.3 Å². The number of anilines is 1. The number of thiophene rings is 1. The van der Waals surface area contributed by atoms with E-state index in [4.69, 9.17) is 4.42 Å². The molecule has 1 aliphatic rings. The molecule has 30 heavy (non-hydrogen) atoms. The van der Waals surface area contributed by atoms with Crippen LogP contribution >= 0.6 is 23.1 Å². The Labute approximate surface area is 181 Å². The molecular formula is C20H20N4O4S2. The molecule has 1 amide bonds. The molecule has 0 fully saturated rings. The van der Waals surface area contributed by atoms with Crippen molar-refractivity contribution in [3.8, 4) is 10.8 Å². The number of nitrogens with zero attached hydrogens (tertiary/aromatic N) is 3. The van der Waals surface area contributed by atoms with Crippen LogP contribution in [0, 0.1) is 23.0 Å². The van der Waals surface area contributed by atoms with E-state index < -0.39 is 4.92 Å². The van der Waals surface area contributed by atoms with Crippen LogP contribution in [-0.4, -0.2) is 26.8 Å². The first-order valence-electron chi connectivity index (χ1n) is 9.52. The monoisotopic (exact) mass is 444 g/mol. The third-order valence-corrected chi connectivity index (χ3v) is 7.01. The van der Waals surface area contributed by atoms with Gasteiger partial charge in [0.2, 0.25) is 5.91 Å². The maximum atomic E-state index is 12.2. The molecule has 2 heterocycles. The second kappa shape index (κ2) is 8.57. The number of nitro benzene ring substituents is 1. The summed E-state index contributed by atoms with van der Waals surface area (Å²) < 4.78 is 5.74. The van der Waals surface area contributed by atoms with Crippen LogP contribution in [0.15, 0.2) is 33.9 Å². The Balaban J connectivity index is 1.36. The number of carbonyl (C=O) groups is 1. The second-order valence-electron chi connectivity index (χ2n) is 7.37. The first-order valence-corrected chi connectivity index (χ1v) is 11.3. The van der Waals surface area contributed by atoms with E-state index in [1.54, 1.807) is 18.3 Å². The summed E-state index contributed by atoms with van der Waals surface area (Å²) >= 11 is 2.86. The minimum absolute atomic E-state index is 0.0111.